The summed E-state index contributed by atoms with van der Waals surface area (Å²) in [6, 6.07) is 7.07. The number of carboxylic acids is 1. The molecule has 1 atom stereocenters. The van der Waals surface area contributed by atoms with Crippen molar-refractivity contribution < 1.29 is 14.7 Å². The molecule has 1 aliphatic heterocycles. The molecule has 1 aliphatic rings. The topological polar surface area (TPSA) is 57.6 Å². The first-order valence-corrected chi connectivity index (χ1v) is 9.35. The number of carbonyl (C=O) groups is 2. The van der Waals surface area contributed by atoms with Gasteiger partial charge in [0.2, 0.25) is 0 Å². The first kappa shape index (κ1) is 19.7. The quantitative estimate of drug-likeness (QED) is 0.626. The highest BCUT2D eigenvalue weighted by molar-refractivity contribution is 8.26. The Bertz CT molecular complexity index is 730. The highest BCUT2D eigenvalue weighted by Crippen LogP contribution is 2.35. The zero-order chi connectivity index (χ0) is 18.9. The maximum Gasteiger partial charge on any atom is 0.327 e. The second-order valence-corrected chi connectivity index (χ2v) is 9.13. The van der Waals surface area contributed by atoms with Crippen molar-refractivity contribution in [3.8, 4) is 0 Å². The number of carbonyl (C=O) groups excluding carboxylic acids is 1. The summed E-state index contributed by atoms with van der Waals surface area (Å²) in [5.41, 5.74) is 2.17. The predicted octanol–water partition coefficient (Wildman–Crippen LogP) is 4.29. The van der Waals surface area contributed by atoms with Gasteiger partial charge >= 0.3 is 5.97 Å². The lowest BCUT2D eigenvalue weighted by Crippen LogP contribution is -2.47. The van der Waals surface area contributed by atoms with E-state index < -0.39 is 12.0 Å². The van der Waals surface area contributed by atoms with Crippen LogP contribution in [0.3, 0.4) is 0 Å². The molecule has 1 fully saturated rings. The molecule has 25 heavy (non-hydrogen) atoms. The van der Waals surface area contributed by atoms with Crippen molar-refractivity contribution in [3.63, 3.8) is 0 Å². The molecule has 0 bridgehead atoms. The van der Waals surface area contributed by atoms with E-state index in [4.69, 9.17) is 12.2 Å². The van der Waals surface area contributed by atoms with Gasteiger partial charge in [-0.25, -0.2) is 4.79 Å². The monoisotopic (exact) mass is 377 g/mol. The molecule has 0 saturated carbocycles. The number of carboxylic acid groups (broad SMARTS) is 1. The van der Waals surface area contributed by atoms with E-state index >= 15 is 0 Å². The molecule has 1 amide bonds. The van der Waals surface area contributed by atoms with Gasteiger partial charge in [0.05, 0.1) is 4.91 Å². The zero-order valence-corrected chi connectivity index (χ0v) is 16.7. The van der Waals surface area contributed by atoms with Gasteiger partial charge in [0.25, 0.3) is 5.91 Å². The minimum absolute atomic E-state index is 0.0634. The van der Waals surface area contributed by atoms with E-state index in [2.05, 4.69) is 20.8 Å². The fraction of sp³-hybridized carbons (Fsp3) is 0.421. The summed E-state index contributed by atoms with van der Waals surface area (Å²) < 4.78 is 0.295. The molecule has 1 heterocycles. The van der Waals surface area contributed by atoms with Crippen LogP contribution in [0.5, 0.6) is 0 Å². The molecule has 134 valence electrons. The number of hydrogen-bond donors (Lipinski definition) is 1. The molecule has 0 spiro atoms. The van der Waals surface area contributed by atoms with Crippen molar-refractivity contribution in [1.82, 2.24) is 4.90 Å². The van der Waals surface area contributed by atoms with E-state index in [0.717, 1.165) is 17.3 Å². The van der Waals surface area contributed by atoms with E-state index in [-0.39, 0.29) is 17.2 Å². The maximum atomic E-state index is 12.7. The van der Waals surface area contributed by atoms with E-state index in [1.165, 1.54) is 10.5 Å². The van der Waals surface area contributed by atoms with Crippen molar-refractivity contribution in [2.24, 2.45) is 5.92 Å². The van der Waals surface area contributed by atoms with Crippen LogP contribution in [0, 0.1) is 5.92 Å². The van der Waals surface area contributed by atoms with Gasteiger partial charge in [-0.3, -0.25) is 9.69 Å². The van der Waals surface area contributed by atoms with Crippen molar-refractivity contribution in [2.75, 3.05) is 0 Å². The van der Waals surface area contributed by atoms with Crippen LogP contribution in [-0.2, 0) is 15.0 Å². The molecule has 0 aliphatic carbocycles. The van der Waals surface area contributed by atoms with Crippen molar-refractivity contribution >= 4 is 46.3 Å². The number of aliphatic carboxylic acids is 1. The molecule has 6 heteroatoms. The second-order valence-electron chi connectivity index (χ2n) is 7.45. The average Bonchev–Trinajstić information content (AvgIpc) is 2.74. The van der Waals surface area contributed by atoms with Crippen molar-refractivity contribution in [1.29, 1.82) is 0 Å². The zero-order valence-electron chi connectivity index (χ0n) is 15.1. The Labute approximate surface area is 158 Å². The lowest BCUT2D eigenvalue weighted by Gasteiger charge is -2.26. The Morgan fingerprint density at radius 1 is 1.24 bits per heavy atom. The first-order chi connectivity index (χ1) is 11.5. The average molecular weight is 378 g/mol. The minimum atomic E-state index is -1.04. The van der Waals surface area contributed by atoms with E-state index in [1.54, 1.807) is 19.9 Å². The van der Waals surface area contributed by atoms with Gasteiger partial charge in [-0.15, -0.1) is 0 Å². The summed E-state index contributed by atoms with van der Waals surface area (Å²) in [4.78, 5) is 25.9. The largest absolute Gasteiger partial charge is 0.480 e. The third kappa shape index (κ3) is 4.30. The summed E-state index contributed by atoms with van der Waals surface area (Å²) in [7, 11) is 0. The SMILES string of the molecule is CC(C)[C@H](C(=O)O)N1C(=O)/C(=C/c2ccc(C(C)(C)C)cc2)SC1=S. The Morgan fingerprint density at radius 2 is 1.80 bits per heavy atom. The van der Waals surface area contributed by atoms with E-state index in [1.807, 2.05) is 24.3 Å². The molecule has 0 radical (unpaired) electrons. The Balaban J connectivity index is 2.29. The Morgan fingerprint density at radius 3 is 2.24 bits per heavy atom. The smallest absolute Gasteiger partial charge is 0.327 e. The summed E-state index contributed by atoms with van der Waals surface area (Å²) in [5.74, 6) is -1.61. The number of hydrogen-bond acceptors (Lipinski definition) is 4. The lowest BCUT2D eigenvalue weighted by molar-refractivity contribution is -0.146. The minimum Gasteiger partial charge on any atom is -0.480 e. The van der Waals surface area contributed by atoms with Crippen LogP contribution in [0.1, 0.15) is 45.7 Å². The third-order valence-corrected chi connectivity index (χ3v) is 5.39. The van der Waals surface area contributed by atoms with Gasteiger partial charge in [0.1, 0.15) is 10.4 Å². The standard InChI is InChI=1S/C19H23NO3S2/c1-11(2)15(17(22)23)20-16(21)14(25-18(20)24)10-12-6-8-13(9-7-12)19(3,4)5/h6-11,15H,1-5H3,(H,22,23)/b14-10-/t15-/m1/s1. The van der Waals surface area contributed by atoms with Gasteiger partial charge in [-0.05, 0) is 28.5 Å². The van der Waals surface area contributed by atoms with Gasteiger partial charge in [0, 0.05) is 0 Å². The van der Waals surface area contributed by atoms with E-state index in [9.17, 15) is 14.7 Å². The fourth-order valence-electron chi connectivity index (χ4n) is 2.64. The molecular formula is C19H23NO3S2. The van der Waals surface area contributed by atoms with Crippen LogP contribution >= 0.6 is 24.0 Å². The highest BCUT2D eigenvalue weighted by atomic mass is 32.2. The van der Waals surface area contributed by atoms with Gasteiger partial charge in [0.15, 0.2) is 0 Å². The maximum absolute atomic E-state index is 12.7. The molecular weight excluding hydrogens is 354 g/mol. The molecule has 4 nitrogen and oxygen atoms in total. The molecule has 1 saturated heterocycles. The van der Waals surface area contributed by atoms with E-state index in [0.29, 0.717) is 9.23 Å². The number of thioether (sulfide) groups is 1. The summed E-state index contributed by atoms with van der Waals surface area (Å²) in [5, 5.41) is 9.44. The van der Waals surface area contributed by atoms with Crippen LogP contribution in [0.15, 0.2) is 29.2 Å². The van der Waals surface area contributed by atoms with Gasteiger partial charge < -0.3 is 5.11 Å². The first-order valence-electron chi connectivity index (χ1n) is 8.13. The van der Waals surface area contributed by atoms with Crippen molar-refractivity contribution in [2.45, 2.75) is 46.1 Å². The highest BCUT2D eigenvalue weighted by Gasteiger charge is 2.41. The van der Waals surface area contributed by atoms with Crippen LogP contribution in [0.25, 0.3) is 6.08 Å². The second kappa shape index (κ2) is 7.30. The summed E-state index contributed by atoms with van der Waals surface area (Å²) in [6.07, 6.45) is 1.77. The number of amides is 1. The normalized spacial score (nSPS) is 18.3. The number of thiocarbonyl (C=S) groups is 1. The predicted molar refractivity (Wildman–Crippen MR) is 106 cm³/mol. The Kier molecular flexibility index (Phi) is 5.74. The van der Waals surface area contributed by atoms with Crippen LogP contribution in [-0.4, -0.2) is 32.2 Å². The third-order valence-electron chi connectivity index (χ3n) is 4.06. The molecule has 0 aromatic heterocycles. The molecule has 2 rings (SSSR count). The van der Waals surface area contributed by atoms with Gasteiger partial charge in [-0.2, -0.15) is 0 Å². The molecule has 0 unspecified atom stereocenters. The number of nitrogens with zero attached hydrogens (tertiary/aromatic N) is 1. The summed E-state index contributed by atoms with van der Waals surface area (Å²) >= 11 is 6.41. The summed E-state index contributed by atoms with van der Waals surface area (Å²) in [6.45, 7) is 9.97. The van der Waals surface area contributed by atoms with Crippen LogP contribution in [0.4, 0.5) is 0 Å². The number of rotatable bonds is 4. The molecule has 1 N–H and O–H groups in total. The molecule has 1 aromatic rings. The Hall–Kier alpha value is -1.66. The van der Waals surface area contributed by atoms with Crippen LogP contribution in [0.2, 0.25) is 0 Å². The van der Waals surface area contributed by atoms with Crippen LogP contribution < -0.4 is 0 Å². The van der Waals surface area contributed by atoms with Crippen molar-refractivity contribution in [3.05, 3.63) is 40.3 Å². The lowest BCUT2D eigenvalue weighted by atomic mass is 9.87. The van der Waals surface area contributed by atoms with Gasteiger partial charge in [-0.1, -0.05) is 82.9 Å². The molecule has 1 aromatic carbocycles. The fourth-order valence-corrected chi connectivity index (χ4v) is 3.97. The number of benzene rings is 1.